The first-order chi connectivity index (χ1) is 10.3. The van der Waals surface area contributed by atoms with E-state index in [-0.39, 0.29) is 12.1 Å². The molecule has 0 aromatic carbocycles. The molecule has 5 nitrogen and oxygen atoms in total. The summed E-state index contributed by atoms with van der Waals surface area (Å²) in [4.78, 5) is 14.2. The Bertz CT molecular complexity index is 375. The molecule has 1 N–H and O–H groups in total. The van der Waals surface area contributed by atoms with Gasteiger partial charge in [-0.15, -0.1) is 0 Å². The highest BCUT2D eigenvalue weighted by atomic mass is 16.6. The Balaban J connectivity index is 1.82. The van der Waals surface area contributed by atoms with Crippen molar-refractivity contribution in [3.63, 3.8) is 0 Å². The topological polar surface area (TPSA) is 50.8 Å². The second-order valence-electron chi connectivity index (χ2n) is 7.58. The van der Waals surface area contributed by atoms with Gasteiger partial charge in [0.1, 0.15) is 5.60 Å². The predicted molar refractivity (Wildman–Crippen MR) is 87.0 cm³/mol. The summed E-state index contributed by atoms with van der Waals surface area (Å²) in [6.07, 6.45) is 4.56. The zero-order valence-electron chi connectivity index (χ0n) is 14.7. The number of carbonyl (C=O) groups excluding carboxylic acids is 1. The van der Waals surface area contributed by atoms with Gasteiger partial charge in [0, 0.05) is 31.3 Å². The third-order valence-corrected chi connectivity index (χ3v) is 4.56. The van der Waals surface area contributed by atoms with E-state index in [0.29, 0.717) is 18.2 Å². The Morgan fingerprint density at radius 3 is 2.59 bits per heavy atom. The van der Waals surface area contributed by atoms with E-state index in [0.717, 1.165) is 38.8 Å². The highest BCUT2D eigenvalue weighted by molar-refractivity contribution is 5.68. The van der Waals surface area contributed by atoms with E-state index < -0.39 is 5.60 Å². The summed E-state index contributed by atoms with van der Waals surface area (Å²) >= 11 is 0. The second-order valence-corrected chi connectivity index (χ2v) is 7.58. The van der Waals surface area contributed by atoms with E-state index in [1.807, 2.05) is 32.6 Å². The van der Waals surface area contributed by atoms with Crippen LogP contribution in [0.2, 0.25) is 0 Å². The lowest BCUT2D eigenvalue weighted by molar-refractivity contribution is -0.0217. The van der Waals surface area contributed by atoms with Gasteiger partial charge in [-0.05, 0) is 60.3 Å². The normalized spacial score (nSPS) is 32.5. The first-order valence-corrected chi connectivity index (χ1v) is 8.67. The molecule has 5 heteroatoms. The van der Waals surface area contributed by atoms with Crippen LogP contribution in [0.25, 0.3) is 0 Å². The monoisotopic (exact) mass is 312 g/mol. The molecule has 1 amide bonds. The highest BCUT2D eigenvalue weighted by Crippen LogP contribution is 2.27. The molecule has 2 atom stereocenters. The Hall–Kier alpha value is -0.810. The standard InChI is InChI=1S/C17H32N2O3/c1-6-21-14-10-13(11-14)18-15-8-7-9-19(12(15)2)16(20)22-17(3,4)5/h12-15,18H,6-11H2,1-5H3. The first kappa shape index (κ1) is 17.5. The van der Waals surface area contributed by atoms with Crippen molar-refractivity contribution in [3.8, 4) is 0 Å². The second kappa shape index (κ2) is 7.18. The zero-order chi connectivity index (χ0) is 16.3. The number of piperidine rings is 1. The molecule has 2 aliphatic rings. The molecule has 1 aliphatic carbocycles. The lowest BCUT2D eigenvalue weighted by atomic mass is 9.86. The van der Waals surface area contributed by atoms with Crippen LogP contribution >= 0.6 is 0 Å². The minimum Gasteiger partial charge on any atom is -0.444 e. The third kappa shape index (κ3) is 4.59. The van der Waals surface area contributed by atoms with Gasteiger partial charge in [0.15, 0.2) is 0 Å². The van der Waals surface area contributed by atoms with Crippen molar-refractivity contribution in [1.29, 1.82) is 0 Å². The largest absolute Gasteiger partial charge is 0.444 e. The summed E-state index contributed by atoms with van der Waals surface area (Å²) in [7, 11) is 0. The number of nitrogens with zero attached hydrogens (tertiary/aromatic N) is 1. The maximum atomic E-state index is 12.3. The molecule has 0 radical (unpaired) electrons. The average molecular weight is 312 g/mol. The van der Waals surface area contributed by atoms with Crippen LogP contribution in [-0.2, 0) is 9.47 Å². The Labute approximate surface area is 134 Å². The van der Waals surface area contributed by atoms with Crippen LogP contribution in [0.15, 0.2) is 0 Å². The van der Waals surface area contributed by atoms with Crippen molar-refractivity contribution in [1.82, 2.24) is 10.2 Å². The van der Waals surface area contributed by atoms with Gasteiger partial charge in [-0.1, -0.05) is 0 Å². The first-order valence-electron chi connectivity index (χ1n) is 8.67. The van der Waals surface area contributed by atoms with Crippen molar-refractivity contribution in [2.45, 2.75) is 90.1 Å². The van der Waals surface area contributed by atoms with E-state index in [9.17, 15) is 4.79 Å². The van der Waals surface area contributed by atoms with E-state index in [2.05, 4.69) is 12.2 Å². The van der Waals surface area contributed by atoms with Gasteiger partial charge in [-0.3, -0.25) is 0 Å². The number of hydrogen-bond donors (Lipinski definition) is 1. The molecule has 1 heterocycles. The van der Waals surface area contributed by atoms with Crippen molar-refractivity contribution in [2.75, 3.05) is 13.2 Å². The minimum absolute atomic E-state index is 0.176. The van der Waals surface area contributed by atoms with Gasteiger partial charge in [0.05, 0.1) is 6.10 Å². The van der Waals surface area contributed by atoms with Crippen LogP contribution in [-0.4, -0.2) is 54.0 Å². The predicted octanol–water partition coefficient (Wildman–Crippen LogP) is 2.93. The Kier molecular flexibility index (Phi) is 5.72. The molecular weight excluding hydrogens is 280 g/mol. The molecule has 0 spiro atoms. The van der Waals surface area contributed by atoms with Gasteiger partial charge in [0.25, 0.3) is 0 Å². The molecule has 2 unspecified atom stereocenters. The maximum absolute atomic E-state index is 12.3. The van der Waals surface area contributed by atoms with E-state index >= 15 is 0 Å². The van der Waals surface area contributed by atoms with Crippen molar-refractivity contribution in [2.24, 2.45) is 0 Å². The fourth-order valence-electron chi connectivity index (χ4n) is 3.32. The fraction of sp³-hybridized carbons (Fsp3) is 0.941. The highest BCUT2D eigenvalue weighted by Gasteiger charge is 2.37. The van der Waals surface area contributed by atoms with Crippen LogP contribution in [0.3, 0.4) is 0 Å². The number of likely N-dealkylation sites (tertiary alicyclic amines) is 1. The third-order valence-electron chi connectivity index (χ3n) is 4.56. The summed E-state index contributed by atoms with van der Waals surface area (Å²) in [6, 6.07) is 1.06. The average Bonchev–Trinajstić information content (AvgIpc) is 2.36. The smallest absolute Gasteiger partial charge is 0.410 e. The molecule has 128 valence electrons. The number of ether oxygens (including phenoxy) is 2. The van der Waals surface area contributed by atoms with E-state index in [4.69, 9.17) is 9.47 Å². The number of rotatable bonds is 4. The molecule has 1 saturated carbocycles. The van der Waals surface area contributed by atoms with E-state index in [1.165, 1.54) is 0 Å². The summed E-state index contributed by atoms with van der Waals surface area (Å²) in [5.74, 6) is 0. The van der Waals surface area contributed by atoms with E-state index in [1.54, 1.807) is 0 Å². The SMILES string of the molecule is CCOC1CC(NC2CCCN(C(=O)OC(C)(C)C)C2C)C1. The van der Waals surface area contributed by atoms with Crippen molar-refractivity contribution < 1.29 is 14.3 Å². The van der Waals surface area contributed by atoms with Crippen LogP contribution in [0.1, 0.15) is 60.3 Å². The van der Waals surface area contributed by atoms with Gasteiger partial charge in [-0.2, -0.15) is 0 Å². The molecule has 22 heavy (non-hydrogen) atoms. The molecule has 1 saturated heterocycles. The Morgan fingerprint density at radius 1 is 1.32 bits per heavy atom. The molecular formula is C17H32N2O3. The maximum Gasteiger partial charge on any atom is 0.410 e. The lowest BCUT2D eigenvalue weighted by Gasteiger charge is -2.44. The summed E-state index contributed by atoms with van der Waals surface area (Å²) in [5.41, 5.74) is -0.435. The molecule has 0 aromatic heterocycles. The zero-order valence-corrected chi connectivity index (χ0v) is 14.7. The molecule has 1 aliphatic heterocycles. The van der Waals surface area contributed by atoms with Crippen LogP contribution in [0.5, 0.6) is 0 Å². The van der Waals surface area contributed by atoms with Crippen molar-refractivity contribution in [3.05, 3.63) is 0 Å². The van der Waals surface area contributed by atoms with Crippen molar-refractivity contribution >= 4 is 6.09 Å². The molecule has 2 rings (SSSR count). The van der Waals surface area contributed by atoms with Crippen LogP contribution in [0.4, 0.5) is 4.79 Å². The summed E-state index contributed by atoms with van der Waals surface area (Å²) in [6.45, 7) is 11.5. The fourth-order valence-corrected chi connectivity index (χ4v) is 3.32. The Morgan fingerprint density at radius 2 is 2.00 bits per heavy atom. The van der Waals surface area contributed by atoms with Gasteiger partial charge >= 0.3 is 6.09 Å². The van der Waals surface area contributed by atoms with Crippen LogP contribution in [0, 0.1) is 0 Å². The molecule has 2 fully saturated rings. The number of nitrogens with one attached hydrogen (secondary N) is 1. The minimum atomic E-state index is -0.435. The van der Waals surface area contributed by atoms with Gasteiger partial charge in [-0.25, -0.2) is 4.79 Å². The lowest BCUT2D eigenvalue weighted by Crippen LogP contribution is -2.59. The number of hydrogen-bond acceptors (Lipinski definition) is 4. The van der Waals surface area contributed by atoms with Crippen LogP contribution < -0.4 is 5.32 Å². The summed E-state index contributed by atoms with van der Waals surface area (Å²) < 4.78 is 11.1. The number of carbonyl (C=O) groups is 1. The number of amides is 1. The molecule has 0 bridgehead atoms. The van der Waals surface area contributed by atoms with Gasteiger partial charge in [0.2, 0.25) is 0 Å². The quantitative estimate of drug-likeness (QED) is 0.867. The molecule has 0 aromatic rings. The summed E-state index contributed by atoms with van der Waals surface area (Å²) in [5, 5.41) is 3.71. The van der Waals surface area contributed by atoms with Gasteiger partial charge < -0.3 is 19.7 Å².